The van der Waals surface area contributed by atoms with Crippen LogP contribution in [0, 0.1) is 17.1 Å². The third-order valence-electron chi connectivity index (χ3n) is 2.29. The summed E-state index contributed by atoms with van der Waals surface area (Å²) in [5, 5.41) is 11.1. The lowest BCUT2D eigenvalue weighted by Gasteiger charge is -2.06. The number of amides is 1. The van der Waals surface area contributed by atoms with E-state index < -0.39 is 11.7 Å². The summed E-state index contributed by atoms with van der Waals surface area (Å²) in [6.07, 6.45) is 0. The van der Waals surface area contributed by atoms with Crippen LogP contribution in [-0.4, -0.2) is 10.9 Å². The molecule has 1 amide bonds. The van der Waals surface area contributed by atoms with Crippen molar-refractivity contribution >= 4 is 23.2 Å². The molecule has 94 valence electrons. The number of pyridine rings is 1. The lowest BCUT2D eigenvalue weighted by Crippen LogP contribution is -2.14. The third-order valence-corrected chi connectivity index (χ3v) is 2.50. The Morgan fingerprint density at radius 3 is 2.79 bits per heavy atom. The molecule has 0 saturated heterocycles. The fourth-order valence-electron chi connectivity index (χ4n) is 1.41. The van der Waals surface area contributed by atoms with Crippen LogP contribution >= 0.6 is 11.6 Å². The molecular weight excluding hydrogens is 269 g/mol. The van der Waals surface area contributed by atoms with Gasteiger partial charge in [-0.25, -0.2) is 9.37 Å². The molecule has 0 saturated carbocycles. The van der Waals surface area contributed by atoms with Gasteiger partial charge in [0.2, 0.25) is 0 Å². The molecule has 1 heterocycles. The number of hydrogen-bond acceptors (Lipinski definition) is 3. The van der Waals surface area contributed by atoms with Crippen molar-refractivity contribution in [3.63, 3.8) is 0 Å². The zero-order valence-electron chi connectivity index (χ0n) is 9.52. The van der Waals surface area contributed by atoms with E-state index in [1.54, 1.807) is 12.1 Å². The number of carbonyl (C=O) groups excluding carboxylic acids is 1. The van der Waals surface area contributed by atoms with Gasteiger partial charge in [0.15, 0.2) is 0 Å². The van der Waals surface area contributed by atoms with Crippen molar-refractivity contribution in [2.24, 2.45) is 0 Å². The Bertz CT molecular complexity index is 682. The summed E-state index contributed by atoms with van der Waals surface area (Å²) in [4.78, 5) is 15.6. The van der Waals surface area contributed by atoms with E-state index in [-0.39, 0.29) is 22.1 Å². The van der Waals surface area contributed by atoms with E-state index in [1.165, 1.54) is 24.3 Å². The Labute approximate surface area is 113 Å². The Morgan fingerprint density at radius 2 is 2.16 bits per heavy atom. The molecule has 2 rings (SSSR count). The van der Waals surface area contributed by atoms with Gasteiger partial charge in [-0.15, -0.1) is 0 Å². The number of nitrogens with zero attached hydrogens (tertiary/aromatic N) is 2. The van der Waals surface area contributed by atoms with E-state index in [0.29, 0.717) is 0 Å². The maximum atomic E-state index is 13.6. The Morgan fingerprint density at radius 1 is 1.37 bits per heavy atom. The van der Waals surface area contributed by atoms with E-state index >= 15 is 0 Å². The van der Waals surface area contributed by atoms with E-state index in [1.807, 2.05) is 0 Å². The minimum absolute atomic E-state index is 0.0224. The van der Waals surface area contributed by atoms with Crippen LogP contribution < -0.4 is 5.32 Å². The number of aromatic nitrogens is 1. The highest BCUT2D eigenvalue weighted by Gasteiger charge is 2.11. The molecule has 0 spiro atoms. The minimum atomic E-state index is -0.686. The first-order chi connectivity index (χ1) is 9.10. The highest BCUT2D eigenvalue weighted by atomic mass is 35.5. The number of anilines is 1. The topological polar surface area (TPSA) is 65.8 Å². The number of benzene rings is 1. The van der Waals surface area contributed by atoms with Crippen molar-refractivity contribution in [3.8, 4) is 6.07 Å². The first-order valence-electron chi connectivity index (χ1n) is 5.23. The van der Waals surface area contributed by atoms with Gasteiger partial charge >= 0.3 is 0 Å². The average molecular weight is 276 g/mol. The van der Waals surface area contributed by atoms with Crippen molar-refractivity contribution in [2.45, 2.75) is 0 Å². The summed E-state index contributed by atoms with van der Waals surface area (Å²) in [6.45, 7) is 0. The molecule has 0 atom stereocenters. The molecule has 0 fully saturated rings. The molecule has 19 heavy (non-hydrogen) atoms. The van der Waals surface area contributed by atoms with Gasteiger partial charge in [-0.3, -0.25) is 4.79 Å². The van der Waals surface area contributed by atoms with Crippen LogP contribution in [0.15, 0.2) is 36.4 Å². The fraction of sp³-hybridized carbons (Fsp3) is 0. The first-order valence-corrected chi connectivity index (χ1v) is 5.61. The van der Waals surface area contributed by atoms with Gasteiger partial charge in [-0.1, -0.05) is 17.7 Å². The van der Waals surface area contributed by atoms with Crippen LogP contribution in [0.4, 0.5) is 10.1 Å². The van der Waals surface area contributed by atoms with Crippen molar-refractivity contribution in [2.75, 3.05) is 5.32 Å². The van der Waals surface area contributed by atoms with E-state index in [4.69, 9.17) is 16.9 Å². The summed E-state index contributed by atoms with van der Waals surface area (Å²) >= 11 is 5.66. The average Bonchev–Trinajstić information content (AvgIpc) is 2.41. The second kappa shape index (κ2) is 5.46. The van der Waals surface area contributed by atoms with E-state index in [2.05, 4.69) is 10.3 Å². The maximum absolute atomic E-state index is 13.6. The molecule has 2 aromatic rings. The summed E-state index contributed by atoms with van der Waals surface area (Å²) in [7, 11) is 0. The number of halogens is 2. The summed E-state index contributed by atoms with van der Waals surface area (Å²) < 4.78 is 13.6. The van der Waals surface area contributed by atoms with Gasteiger partial charge in [0.05, 0.1) is 17.3 Å². The van der Waals surface area contributed by atoms with Crippen LogP contribution in [0.1, 0.15) is 16.1 Å². The largest absolute Gasteiger partial charge is 0.318 e. The highest BCUT2D eigenvalue weighted by Crippen LogP contribution is 2.16. The monoisotopic (exact) mass is 275 g/mol. The summed E-state index contributed by atoms with van der Waals surface area (Å²) in [6, 6.07) is 10.1. The highest BCUT2D eigenvalue weighted by molar-refractivity contribution is 6.29. The normalized spacial score (nSPS) is 9.74. The fourth-order valence-corrected chi connectivity index (χ4v) is 1.57. The smallest absolute Gasteiger partial charge is 0.274 e. The molecule has 0 aliphatic rings. The maximum Gasteiger partial charge on any atom is 0.274 e. The summed E-state index contributed by atoms with van der Waals surface area (Å²) in [5.74, 6) is -1.26. The lowest BCUT2D eigenvalue weighted by atomic mass is 10.2. The molecule has 0 bridgehead atoms. The lowest BCUT2D eigenvalue weighted by molar-refractivity contribution is 0.102. The van der Waals surface area contributed by atoms with Gasteiger partial charge in [-0.05, 0) is 30.3 Å². The molecule has 4 nitrogen and oxygen atoms in total. The molecule has 1 N–H and O–H groups in total. The molecule has 1 aromatic heterocycles. The van der Waals surface area contributed by atoms with Gasteiger partial charge in [0, 0.05) is 0 Å². The van der Waals surface area contributed by atoms with Crippen LogP contribution in [0.25, 0.3) is 0 Å². The molecule has 1 aromatic carbocycles. The van der Waals surface area contributed by atoms with E-state index in [9.17, 15) is 9.18 Å². The first kappa shape index (κ1) is 13.0. The van der Waals surface area contributed by atoms with Gasteiger partial charge < -0.3 is 5.32 Å². The third kappa shape index (κ3) is 3.06. The predicted molar refractivity (Wildman–Crippen MR) is 68.3 cm³/mol. The Hall–Kier alpha value is -2.45. The van der Waals surface area contributed by atoms with Crippen LogP contribution in [0.3, 0.4) is 0 Å². The quantitative estimate of drug-likeness (QED) is 0.857. The zero-order chi connectivity index (χ0) is 13.8. The predicted octanol–water partition coefficient (Wildman–Crippen LogP) is 3.00. The van der Waals surface area contributed by atoms with Crippen molar-refractivity contribution in [1.82, 2.24) is 4.98 Å². The standard InChI is InChI=1S/C13H7ClFN3O/c14-12-3-1-2-11(17-12)13(19)18-10-5-4-8(7-16)6-9(10)15/h1-6H,(H,18,19). The summed E-state index contributed by atoms with van der Waals surface area (Å²) in [5.41, 5.74) is 0.235. The Balaban J connectivity index is 2.22. The van der Waals surface area contributed by atoms with E-state index in [0.717, 1.165) is 6.07 Å². The number of nitrogens with one attached hydrogen (secondary N) is 1. The van der Waals surface area contributed by atoms with Crippen LogP contribution in [0.5, 0.6) is 0 Å². The molecule has 0 radical (unpaired) electrons. The SMILES string of the molecule is N#Cc1ccc(NC(=O)c2cccc(Cl)n2)c(F)c1. The number of nitriles is 1. The van der Waals surface area contributed by atoms with Gasteiger partial charge in [0.1, 0.15) is 16.7 Å². The number of rotatable bonds is 2. The number of hydrogen-bond donors (Lipinski definition) is 1. The van der Waals surface area contributed by atoms with Crippen LogP contribution in [0.2, 0.25) is 5.15 Å². The van der Waals surface area contributed by atoms with Crippen molar-refractivity contribution < 1.29 is 9.18 Å². The minimum Gasteiger partial charge on any atom is -0.318 e. The number of carbonyl (C=O) groups is 1. The molecular formula is C13H7ClFN3O. The van der Waals surface area contributed by atoms with Gasteiger partial charge in [0.25, 0.3) is 5.91 Å². The zero-order valence-corrected chi connectivity index (χ0v) is 10.3. The molecule has 0 aliphatic carbocycles. The van der Waals surface area contributed by atoms with Crippen molar-refractivity contribution in [3.05, 3.63) is 58.6 Å². The van der Waals surface area contributed by atoms with Gasteiger partial charge in [-0.2, -0.15) is 5.26 Å². The second-order valence-electron chi connectivity index (χ2n) is 3.61. The second-order valence-corrected chi connectivity index (χ2v) is 3.99. The Kier molecular flexibility index (Phi) is 3.74. The molecule has 6 heteroatoms. The molecule has 0 aliphatic heterocycles. The van der Waals surface area contributed by atoms with Crippen molar-refractivity contribution in [1.29, 1.82) is 5.26 Å². The van der Waals surface area contributed by atoms with Crippen LogP contribution in [-0.2, 0) is 0 Å². The molecule has 0 unspecified atom stereocenters.